The lowest BCUT2D eigenvalue weighted by Gasteiger charge is -2.39. The average molecular weight is 469 g/mol. The molecule has 2 fully saturated rings. The van der Waals surface area contributed by atoms with Crippen LogP contribution in [-0.4, -0.2) is 55.1 Å². The molecular weight excluding hydrogens is 443 g/mol. The number of piperidine rings is 1. The van der Waals surface area contributed by atoms with E-state index in [9.17, 15) is 4.79 Å². The third kappa shape index (κ3) is 4.12. The quantitative estimate of drug-likeness (QED) is 0.508. The van der Waals surface area contributed by atoms with Crippen molar-refractivity contribution in [3.63, 3.8) is 0 Å². The maximum atomic E-state index is 13.5. The molecule has 0 atom stereocenters. The molecule has 1 aromatic heterocycles. The Morgan fingerprint density at radius 1 is 0.844 bits per heavy atom. The van der Waals surface area contributed by atoms with Crippen LogP contribution in [0.4, 0.5) is 11.4 Å². The van der Waals surface area contributed by atoms with Gasteiger partial charge in [0.05, 0.1) is 27.5 Å². The number of hydrogen-bond donors (Lipinski definition) is 0. The van der Waals surface area contributed by atoms with Crippen LogP contribution in [0.3, 0.4) is 0 Å². The van der Waals surface area contributed by atoms with Gasteiger partial charge in [-0.1, -0.05) is 35.3 Å². The second-order valence-corrected chi connectivity index (χ2v) is 9.30. The molecule has 0 saturated carbocycles. The molecule has 5 rings (SSSR count). The third-order valence-electron chi connectivity index (χ3n) is 6.46. The van der Waals surface area contributed by atoms with Gasteiger partial charge in [0.25, 0.3) is 5.91 Å². The number of rotatable bonds is 3. The summed E-state index contributed by atoms with van der Waals surface area (Å²) < 4.78 is 0. The number of pyridine rings is 1. The van der Waals surface area contributed by atoms with E-state index in [1.54, 1.807) is 6.20 Å². The number of amides is 1. The third-order valence-corrected chi connectivity index (χ3v) is 7.02. The van der Waals surface area contributed by atoms with E-state index in [0.29, 0.717) is 10.6 Å². The minimum atomic E-state index is 0.0719. The SMILES string of the molecule is O=C(c1cnc2ccc(Cl)cc2c1N1CCN(c2ccccc2Cl)CC1)N1CCCCC1. The van der Waals surface area contributed by atoms with E-state index in [1.165, 1.54) is 6.42 Å². The molecule has 0 unspecified atom stereocenters. The standard InChI is InChI=1S/C25H26Cl2N4O/c26-18-8-9-22-19(16-18)24(20(17-28-22)25(32)31-10-4-1-5-11-31)30-14-12-29(13-15-30)23-7-3-2-6-21(23)27/h2-3,6-9,16-17H,1,4-5,10-15H2. The van der Waals surface area contributed by atoms with E-state index < -0.39 is 0 Å². The van der Waals surface area contributed by atoms with Crippen molar-refractivity contribution < 1.29 is 4.79 Å². The van der Waals surface area contributed by atoms with Crippen LogP contribution < -0.4 is 9.80 Å². The van der Waals surface area contributed by atoms with Crippen molar-refractivity contribution in [3.05, 3.63) is 64.3 Å². The average Bonchev–Trinajstić information content (AvgIpc) is 2.84. The molecule has 0 N–H and O–H groups in total. The Labute approximate surface area is 198 Å². The van der Waals surface area contributed by atoms with Crippen LogP contribution in [0.25, 0.3) is 10.9 Å². The van der Waals surface area contributed by atoms with Crippen molar-refractivity contribution in [2.24, 2.45) is 0 Å². The maximum absolute atomic E-state index is 13.5. The molecule has 1 amide bonds. The zero-order chi connectivity index (χ0) is 22.1. The van der Waals surface area contributed by atoms with Gasteiger partial charge < -0.3 is 14.7 Å². The second kappa shape index (κ2) is 9.16. The highest BCUT2D eigenvalue weighted by Gasteiger charge is 2.28. The predicted octanol–water partition coefficient (Wildman–Crippen LogP) is 5.49. The molecule has 0 spiro atoms. The number of fused-ring (bicyclic) bond motifs is 1. The molecular formula is C25H26Cl2N4O. The summed E-state index contributed by atoms with van der Waals surface area (Å²) in [7, 11) is 0. The summed E-state index contributed by atoms with van der Waals surface area (Å²) in [6, 6.07) is 13.7. The second-order valence-electron chi connectivity index (χ2n) is 8.46. The van der Waals surface area contributed by atoms with E-state index in [0.717, 1.165) is 79.4 Å². The molecule has 166 valence electrons. The van der Waals surface area contributed by atoms with Crippen LogP contribution in [-0.2, 0) is 0 Å². The number of aromatic nitrogens is 1. The number of para-hydroxylation sites is 1. The van der Waals surface area contributed by atoms with Crippen molar-refractivity contribution in [1.29, 1.82) is 0 Å². The predicted molar refractivity (Wildman–Crippen MR) is 132 cm³/mol. The summed E-state index contributed by atoms with van der Waals surface area (Å²) >= 11 is 12.8. The van der Waals surface area contributed by atoms with Gasteiger partial charge in [-0.25, -0.2) is 0 Å². The van der Waals surface area contributed by atoms with Crippen LogP contribution in [0.5, 0.6) is 0 Å². The van der Waals surface area contributed by atoms with Crippen molar-refractivity contribution in [3.8, 4) is 0 Å². The maximum Gasteiger partial charge on any atom is 0.257 e. The number of likely N-dealkylation sites (tertiary alicyclic amines) is 1. The molecule has 0 bridgehead atoms. The molecule has 2 aromatic carbocycles. The van der Waals surface area contributed by atoms with Crippen LogP contribution in [0.15, 0.2) is 48.7 Å². The summed E-state index contributed by atoms with van der Waals surface area (Å²) in [5.41, 5.74) is 3.54. The zero-order valence-electron chi connectivity index (χ0n) is 17.9. The number of carbonyl (C=O) groups excluding carboxylic acids is 1. The number of carbonyl (C=O) groups is 1. The van der Waals surface area contributed by atoms with E-state index in [1.807, 2.05) is 41.3 Å². The number of anilines is 2. The number of hydrogen-bond acceptors (Lipinski definition) is 4. The molecule has 3 aromatic rings. The number of piperazine rings is 1. The first-order chi connectivity index (χ1) is 15.6. The number of benzene rings is 2. The lowest BCUT2D eigenvalue weighted by Crippen LogP contribution is -2.47. The monoisotopic (exact) mass is 468 g/mol. The Morgan fingerprint density at radius 3 is 2.31 bits per heavy atom. The van der Waals surface area contributed by atoms with Gasteiger partial charge in [0.1, 0.15) is 0 Å². The van der Waals surface area contributed by atoms with Gasteiger partial charge in [-0.15, -0.1) is 0 Å². The van der Waals surface area contributed by atoms with Gasteiger partial charge in [-0.05, 0) is 49.6 Å². The Bertz CT molecular complexity index is 1140. The van der Waals surface area contributed by atoms with Crippen LogP contribution in [0, 0.1) is 0 Å². The first kappa shape index (κ1) is 21.4. The summed E-state index contributed by atoms with van der Waals surface area (Å²) in [6.45, 7) is 4.85. The fraction of sp³-hybridized carbons (Fsp3) is 0.360. The van der Waals surface area contributed by atoms with Crippen molar-refractivity contribution in [1.82, 2.24) is 9.88 Å². The summed E-state index contributed by atoms with van der Waals surface area (Å²) in [5, 5.41) is 2.35. The topological polar surface area (TPSA) is 39.7 Å². The summed E-state index contributed by atoms with van der Waals surface area (Å²) in [5.74, 6) is 0.0719. The molecule has 0 radical (unpaired) electrons. The van der Waals surface area contributed by atoms with Crippen molar-refractivity contribution >= 4 is 51.4 Å². The largest absolute Gasteiger partial charge is 0.367 e. The fourth-order valence-corrected chi connectivity index (χ4v) is 5.22. The van der Waals surface area contributed by atoms with E-state index in [-0.39, 0.29) is 5.91 Å². The number of nitrogens with zero attached hydrogens (tertiary/aromatic N) is 4. The Kier molecular flexibility index (Phi) is 6.11. The van der Waals surface area contributed by atoms with E-state index in [2.05, 4.69) is 20.9 Å². The Hall–Kier alpha value is -2.50. The van der Waals surface area contributed by atoms with E-state index >= 15 is 0 Å². The molecule has 2 aliphatic rings. The summed E-state index contributed by atoms with van der Waals surface area (Å²) in [4.78, 5) is 24.7. The highest BCUT2D eigenvalue weighted by Crippen LogP contribution is 2.34. The minimum absolute atomic E-state index is 0.0719. The zero-order valence-corrected chi connectivity index (χ0v) is 19.4. The van der Waals surface area contributed by atoms with Crippen molar-refractivity contribution in [2.45, 2.75) is 19.3 Å². The van der Waals surface area contributed by atoms with Gasteiger partial charge in [-0.3, -0.25) is 9.78 Å². The van der Waals surface area contributed by atoms with E-state index in [4.69, 9.17) is 23.2 Å². The smallest absolute Gasteiger partial charge is 0.257 e. The first-order valence-electron chi connectivity index (χ1n) is 11.2. The van der Waals surface area contributed by atoms with Crippen LogP contribution >= 0.6 is 23.2 Å². The lowest BCUT2D eigenvalue weighted by molar-refractivity contribution is 0.0724. The highest BCUT2D eigenvalue weighted by molar-refractivity contribution is 6.33. The normalized spacial score (nSPS) is 17.1. The summed E-state index contributed by atoms with van der Waals surface area (Å²) in [6.07, 6.45) is 5.06. The van der Waals surface area contributed by atoms with Gasteiger partial charge >= 0.3 is 0 Å². The van der Waals surface area contributed by atoms with Gasteiger partial charge in [-0.2, -0.15) is 0 Å². The molecule has 0 aliphatic carbocycles. The van der Waals surface area contributed by atoms with Gasteiger partial charge in [0.2, 0.25) is 0 Å². The lowest BCUT2D eigenvalue weighted by atomic mass is 10.0. The van der Waals surface area contributed by atoms with Gasteiger partial charge in [0, 0.05) is 55.9 Å². The Morgan fingerprint density at radius 2 is 1.56 bits per heavy atom. The minimum Gasteiger partial charge on any atom is -0.367 e. The highest BCUT2D eigenvalue weighted by atomic mass is 35.5. The fourth-order valence-electron chi connectivity index (χ4n) is 4.79. The number of halogens is 2. The molecule has 2 aliphatic heterocycles. The van der Waals surface area contributed by atoms with Crippen LogP contribution in [0.2, 0.25) is 10.0 Å². The van der Waals surface area contributed by atoms with Crippen LogP contribution in [0.1, 0.15) is 29.6 Å². The molecule has 2 saturated heterocycles. The molecule has 32 heavy (non-hydrogen) atoms. The Balaban J connectivity index is 1.50. The van der Waals surface area contributed by atoms with Gasteiger partial charge in [0.15, 0.2) is 0 Å². The first-order valence-corrected chi connectivity index (χ1v) is 12.0. The molecule has 3 heterocycles. The van der Waals surface area contributed by atoms with Crippen molar-refractivity contribution in [2.75, 3.05) is 49.1 Å². The molecule has 7 heteroatoms. The molecule has 5 nitrogen and oxygen atoms in total.